The molecule has 1 aliphatic heterocycles. The van der Waals surface area contributed by atoms with Gasteiger partial charge in [-0.2, -0.15) is 15.8 Å². The lowest BCUT2D eigenvalue weighted by Crippen LogP contribution is -2.48. The summed E-state index contributed by atoms with van der Waals surface area (Å²) >= 11 is 0. The van der Waals surface area contributed by atoms with Gasteiger partial charge < -0.3 is 15.2 Å². The lowest BCUT2D eigenvalue weighted by atomic mass is 9.58. The highest BCUT2D eigenvalue weighted by molar-refractivity contribution is 5.61. The number of nitrogens with zero attached hydrogens (tertiary/aromatic N) is 4. The minimum absolute atomic E-state index is 0.00678. The largest absolute Gasteiger partial charge is 0.497 e. The molecule has 7 heteroatoms. The van der Waals surface area contributed by atoms with Crippen LogP contribution in [0.4, 0.5) is 0 Å². The molecule has 0 fully saturated rings. The second-order valence-electron chi connectivity index (χ2n) is 7.14. The number of nitrogens with two attached hydrogens (primary N) is 1. The Hall–Kier alpha value is -3.47. The Morgan fingerprint density at radius 3 is 2.48 bits per heavy atom. The molecule has 1 heterocycles. The van der Waals surface area contributed by atoms with E-state index in [2.05, 4.69) is 30.0 Å². The molecule has 2 aliphatic rings. The molecule has 2 N–H and O–H groups in total. The van der Waals surface area contributed by atoms with Gasteiger partial charge in [-0.25, -0.2) is 0 Å². The van der Waals surface area contributed by atoms with E-state index >= 15 is 0 Å². The maximum absolute atomic E-state index is 10.2. The SMILES string of the molecule is CCN1CC=C2C(C#N)=C(N)C(C#N)(C#N)[C@@H](c3cc(OC)ccc3OC)[C@H]2C1. The summed E-state index contributed by atoms with van der Waals surface area (Å²) in [6.45, 7) is 4.17. The normalized spacial score (nSPS) is 23.1. The minimum Gasteiger partial charge on any atom is -0.497 e. The summed E-state index contributed by atoms with van der Waals surface area (Å²) in [7, 11) is 3.10. The molecule has 29 heavy (non-hydrogen) atoms. The summed E-state index contributed by atoms with van der Waals surface area (Å²) in [6.07, 6.45) is 1.99. The number of nitriles is 3. The van der Waals surface area contributed by atoms with Crippen LogP contribution < -0.4 is 15.2 Å². The van der Waals surface area contributed by atoms with Crippen molar-refractivity contribution in [3.05, 3.63) is 46.7 Å². The molecule has 0 amide bonds. The molecule has 0 saturated heterocycles. The van der Waals surface area contributed by atoms with Gasteiger partial charge >= 0.3 is 0 Å². The summed E-state index contributed by atoms with van der Waals surface area (Å²) in [5.41, 5.74) is 6.36. The molecule has 1 aromatic rings. The van der Waals surface area contributed by atoms with Crippen LogP contribution in [0.5, 0.6) is 11.5 Å². The maximum Gasteiger partial charge on any atom is 0.191 e. The van der Waals surface area contributed by atoms with Gasteiger partial charge in [-0.3, -0.25) is 4.90 Å². The van der Waals surface area contributed by atoms with Gasteiger partial charge in [0.25, 0.3) is 0 Å². The number of methoxy groups -OCH3 is 2. The third kappa shape index (κ3) is 2.99. The summed E-state index contributed by atoms with van der Waals surface area (Å²) in [5.74, 6) is 0.269. The quantitative estimate of drug-likeness (QED) is 0.840. The first-order valence-corrected chi connectivity index (χ1v) is 9.38. The van der Waals surface area contributed by atoms with Crippen LogP contribution in [0.15, 0.2) is 41.1 Å². The average Bonchev–Trinajstić information content (AvgIpc) is 2.77. The van der Waals surface area contributed by atoms with Crippen molar-refractivity contribution in [1.29, 1.82) is 15.8 Å². The molecule has 1 aliphatic carbocycles. The zero-order valence-electron chi connectivity index (χ0n) is 16.8. The van der Waals surface area contributed by atoms with E-state index in [1.54, 1.807) is 32.4 Å². The summed E-state index contributed by atoms with van der Waals surface area (Å²) in [5, 5.41) is 30.1. The van der Waals surface area contributed by atoms with Crippen LogP contribution in [0.25, 0.3) is 0 Å². The van der Waals surface area contributed by atoms with Crippen molar-refractivity contribution in [3.63, 3.8) is 0 Å². The minimum atomic E-state index is -1.69. The molecule has 0 unspecified atom stereocenters. The summed E-state index contributed by atoms with van der Waals surface area (Å²) < 4.78 is 11.0. The van der Waals surface area contributed by atoms with Gasteiger partial charge in [0, 0.05) is 30.5 Å². The second-order valence-corrected chi connectivity index (χ2v) is 7.14. The van der Waals surface area contributed by atoms with Crippen molar-refractivity contribution >= 4 is 0 Å². The lowest BCUT2D eigenvalue weighted by Gasteiger charge is -2.45. The highest BCUT2D eigenvalue weighted by Crippen LogP contribution is 2.56. The van der Waals surface area contributed by atoms with E-state index in [0.717, 1.165) is 12.1 Å². The van der Waals surface area contributed by atoms with Gasteiger partial charge in [0.1, 0.15) is 17.6 Å². The zero-order chi connectivity index (χ0) is 21.2. The number of hydrogen-bond donors (Lipinski definition) is 1. The fourth-order valence-electron chi connectivity index (χ4n) is 4.42. The predicted octanol–water partition coefficient (Wildman–Crippen LogP) is 2.45. The first kappa shape index (κ1) is 20.3. The number of benzene rings is 1. The number of likely N-dealkylation sites (N-methyl/N-ethyl adjacent to an activating group) is 1. The molecule has 7 nitrogen and oxygen atoms in total. The van der Waals surface area contributed by atoms with E-state index < -0.39 is 11.3 Å². The van der Waals surface area contributed by atoms with E-state index in [-0.39, 0.29) is 17.2 Å². The second kappa shape index (κ2) is 7.87. The Morgan fingerprint density at radius 2 is 1.93 bits per heavy atom. The number of rotatable bonds is 4. The van der Waals surface area contributed by atoms with Gasteiger partial charge in [0.2, 0.25) is 0 Å². The first-order chi connectivity index (χ1) is 14.0. The average molecular weight is 389 g/mol. The number of ether oxygens (including phenoxy) is 2. The topological polar surface area (TPSA) is 119 Å². The number of fused-ring (bicyclic) bond motifs is 1. The molecular formula is C22H23N5O2. The van der Waals surface area contributed by atoms with Crippen molar-refractivity contribution < 1.29 is 9.47 Å². The Balaban J connectivity index is 2.37. The molecule has 0 aromatic heterocycles. The fourth-order valence-corrected chi connectivity index (χ4v) is 4.42. The van der Waals surface area contributed by atoms with Crippen molar-refractivity contribution in [2.24, 2.45) is 17.1 Å². The Labute approximate surface area is 170 Å². The molecule has 0 bridgehead atoms. The molecular weight excluding hydrogens is 366 g/mol. The highest BCUT2D eigenvalue weighted by Gasteiger charge is 2.55. The van der Waals surface area contributed by atoms with Gasteiger partial charge in [-0.15, -0.1) is 0 Å². The Morgan fingerprint density at radius 1 is 1.21 bits per heavy atom. The Bertz CT molecular complexity index is 991. The Kier molecular flexibility index (Phi) is 5.50. The van der Waals surface area contributed by atoms with Crippen molar-refractivity contribution in [2.45, 2.75) is 12.8 Å². The van der Waals surface area contributed by atoms with Crippen molar-refractivity contribution in [2.75, 3.05) is 33.9 Å². The summed E-state index contributed by atoms with van der Waals surface area (Å²) in [4.78, 5) is 2.21. The van der Waals surface area contributed by atoms with Crippen molar-refractivity contribution in [1.82, 2.24) is 4.90 Å². The van der Waals surface area contributed by atoms with E-state index in [9.17, 15) is 15.8 Å². The van der Waals surface area contributed by atoms with Crippen LogP contribution in [-0.2, 0) is 0 Å². The highest BCUT2D eigenvalue weighted by atomic mass is 16.5. The van der Waals surface area contributed by atoms with Crippen LogP contribution in [0, 0.1) is 45.3 Å². The van der Waals surface area contributed by atoms with Crippen LogP contribution in [0.1, 0.15) is 18.4 Å². The van der Waals surface area contributed by atoms with Crippen LogP contribution in [0.2, 0.25) is 0 Å². The van der Waals surface area contributed by atoms with Crippen LogP contribution in [-0.4, -0.2) is 38.8 Å². The maximum atomic E-state index is 10.2. The molecule has 0 radical (unpaired) electrons. The van der Waals surface area contributed by atoms with Crippen molar-refractivity contribution in [3.8, 4) is 29.7 Å². The predicted molar refractivity (Wildman–Crippen MR) is 106 cm³/mol. The molecule has 1 aromatic carbocycles. The third-order valence-corrected chi connectivity index (χ3v) is 5.96. The van der Waals surface area contributed by atoms with Gasteiger partial charge in [-0.05, 0) is 30.3 Å². The van der Waals surface area contributed by atoms with Gasteiger partial charge in [0.05, 0.1) is 37.6 Å². The monoisotopic (exact) mass is 389 g/mol. The van der Waals surface area contributed by atoms with Gasteiger partial charge in [-0.1, -0.05) is 13.0 Å². The van der Waals surface area contributed by atoms with E-state index in [1.165, 1.54) is 0 Å². The van der Waals surface area contributed by atoms with E-state index in [1.807, 2.05) is 6.08 Å². The molecule has 0 saturated carbocycles. The fraction of sp³-hybridized carbons (Fsp3) is 0.409. The van der Waals surface area contributed by atoms with Crippen LogP contribution >= 0.6 is 0 Å². The van der Waals surface area contributed by atoms with Gasteiger partial charge in [0.15, 0.2) is 5.41 Å². The number of allylic oxidation sites excluding steroid dienone is 2. The number of hydrogen-bond acceptors (Lipinski definition) is 7. The third-order valence-electron chi connectivity index (χ3n) is 5.96. The van der Waals surface area contributed by atoms with E-state index in [4.69, 9.17) is 15.2 Å². The molecule has 0 spiro atoms. The molecule has 2 atom stereocenters. The first-order valence-electron chi connectivity index (χ1n) is 9.38. The standard InChI is InChI=1S/C22H23N5O2/c1-4-27-8-7-15-17(10-23)21(26)22(12-24,13-25)20(18(15)11-27)16-9-14(28-2)5-6-19(16)29-3/h5-7,9,18,20H,4,8,11,26H2,1-3H3/t18-,20-/m0/s1. The summed E-state index contributed by atoms with van der Waals surface area (Å²) in [6, 6.07) is 11.8. The molecule has 148 valence electrons. The van der Waals surface area contributed by atoms with E-state index in [0.29, 0.717) is 30.2 Å². The molecule has 3 rings (SSSR count). The van der Waals surface area contributed by atoms with Crippen LogP contribution in [0.3, 0.4) is 0 Å². The smallest absolute Gasteiger partial charge is 0.191 e. The zero-order valence-corrected chi connectivity index (χ0v) is 16.8. The lowest BCUT2D eigenvalue weighted by molar-refractivity contribution is 0.212.